The number of benzene rings is 1. The fourth-order valence-corrected chi connectivity index (χ4v) is 2.63. The van der Waals surface area contributed by atoms with Gasteiger partial charge in [0.1, 0.15) is 11.5 Å². The maximum atomic E-state index is 13.4. The van der Waals surface area contributed by atoms with Crippen LogP contribution in [0.1, 0.15) is 25.7 Å². The summed E-state index contributed by atoms with van der Waals surface area (Å²) in [5.74, 6) is -0.636. The normalized spacial score (nSPS) is 23.1. The van der Waals surface area contributed by atoms with E-state index in [1.807, 2.05) is 0 Å². The van der Waals surface area contributed by atoms with Gasteiger partial charge in [-0.2, -0.15) is 0 Å². The summed E-state index contributed by atoms with van der Waals surface area (Å²) in [6.07, 6.45) is 3.53. The molecular weight excluding hydrogens is 317 g/mol. The summed E-state index contributed by atoms with van der Waals surface area (Å²) in [4.78, 5) is 10.4. The summed E-state index contributed by atoms with van der Waals surface area (Å²) in [6, 6.07) is 2.71. The third-order valence-electron chi connectivity index (χ3n) is 3.37. The Morgan fingerprint density at radius 3 is 2.58 bits per heavy atom. The molecular formula is C12H15BrFN3O2. The molecule has 1 aliphatic rings. The Kier molecular flexibility index (Phi) is 4.36. The van der Waals surface area contributed by atoms with Crippen LogP contribution in [0, 0.1) is 15.9 Å². The molecule has 0 heterocycles. The fourth-order valence-electron chi connectivity index (χ4n) is 2.29. The van der Waals surface area contributed by atoms with Crippen molar-refractivity contribution >= 4 is 27.3 Å². The molecule has 1 saturated carbocycles. The number of nitrogens with one attached hydrogen (secondary N) is 1. The number of halogens is 2. The van der Waals surface area contributed by atoms with Crippen molar-refractivity contribution in [1.29, 1.82) is 0 Å². The smallest absolute Gasteiger partial charge is 0.295 e. The number of rotatable bonds is 3. The minimum absolute atomic E-state index is 0.149. The largest absolute Gasteiger partial charge is 0.377 e. The van der Waals surface area contributed by atoms with E-state index in [2.05, 4.69) is 21.2 Å². The number of nitro benzene ring substituents is 1. The number of hydrogen-bond donors (Lipinski definition) is 2. The van der Waals surface area contributed by atoms with Gasteiger partial charge in [-0.1, -0.05) is 0 Å². The van der Waals surface area contributed by atoms with E-state index < -0.39 is 10.7 Å². The van der Waals surface area contributed by atoms with E-state index in [-0.39, 0.29) is 22.2 Å². The maximum absolute atomic E-state index is 13.4. The molecule has 3 N–H and O–H groups in total. The second-order valence-electron chi connectivity index (χ2n) is 4.80. The van der Waals surface area contributed by atoms with E-state index >= 15 is 0 Å². The average Bonchev–Trinajstić information content (AvgIpc) is 2.36. The van der Waals surface area contributed by atoms with E-state index in [1.165, 1.54) is 6.07 Å². The summed E-state index contributed by atoms with van der Waals surface area (Å²) in [6.45, 7) is 0. The van der Waals surface area contributed by atoms with Gasteiger partial charge in [0.25, 0.3) is 5.69 Å². The van der Waals surface area contributed by atoms with E-state index in [4.69, 9.17) is 5.73 Å². The van der Waals surface area contributed by atoms with Crippen molar-refractivity contribution in [1.82, 2.24) is 0 Å². The van der Waals surface area contributed by atoms with Crippen LogP contribution in [-0.2, 0) is 0 Å². The first-order valence-electron chi connectivity index (χ1n) is 6.13. The van der Waals surface area contributed by atoms with Crippen molar-refractivity contribution in [2.45, 2.75) is 37.8 Å². The van der Waals surface area contributed by atoms with E-state index in [0.717, 1.165) is 31.7 Å². The SMILES string of the molecule is NC1CCC(Nc2cc(Br)c(F)cc2[N+](=O)[O-])CC1. The molecule has 0 bridgehead atoms. The van der Waals surface area contributed by atoms with Crippen LogP contribution in [0.25, 0.3) is 0 Å². The average molecular weight is 332 g/mol. The molecule has 0 amide bonds. The van der Waals surface area contributed by atoms with Crippen LogP contribution in [-0.4, -0.2) is 17.0 Å². The van der Waals surface area contributed by atoms with E-state index in [9.17, 15) is 14.5 Å². The van der Waals surface area contributed by atoms with Gasteiger partial charge in [0.15, 0.2) is 0 Å². The Morgan fingerprint density at radius 1 is 1.37 bits per heavy atom. The van der Waals surface area contributed by atoms with Crippen molar-refractivity contribution in [3.05, 3.63) is 32.5 Å². The second kappa shape index (κ2) is 5.83. The van der Waals surface area contributed by atoms with Crippen LogP contribution in [0.5, 0.6) is 0 Å². The van der Waals surface area contributed by atoms with E-state index in [0.29, 0.717) is 5.69 Å². The van der Waals surface area contributed by atoms with Crippen LogP contribution >= 0.6 is 15.9 Å². The van der Waals surface area contributed by atoms with Gasteiger partial charge >= 0.3 is 0 Å². The molecule has 0 saturated heterocycles. The quantitative estimate of drug-likeness (QED) is 0.658. The van der Waals surface area contributed by atoms with Crippen LogP contribution in [0.4, 0.5) is 15.8 Å². The van der Waals surface area contributed by atoms with Gasteiger partial charge in [-0.15, -0.1) is 0 Å². The van der Waals surface area contributed by atoms with Gasteiger partial charge in [0.2, 0.25) is 0 Å². The molecule has 0 aliphatic heterocycles. The third-order valence-corrected chi connectivity index (χ3v) is 3.97. The lowest BCUT2D eigenvalue weighted by atomic mass is 9.91. The molecule has 19 heavy (non-hydrogen) atoms. The number of nitro groups is 1. The van der Waals surface area contributed by atoms with Crippen molar-refractivity contribution in [2.75, 3.05) is 5.32 Å². The molecule has 104 valence electrons. The first kappa shape index (κ1) is 14.2. The zero-order chi connectivity index (χ0) is 14.0. The summed E-state index contributed by atoms with van der Waals surface area (Å²) < 4.78 is 13.6. The van der Waals surface area contributed by atoms with Crippen LogP contribution < -0.4 is 11.1 Å². The molecule has 0 unspecified atom stereocenters. The Hall–Kier alpha value is -1.21. The Labute approximate surface area is 118 Å². The van der Waals surface area contributed by atoms with Crippen LogP contribution in [0.2, 0.25) is 0 Å². The standard InChI is InChI=1S/C12H15BrFN3O2/c13-9-5-11(12(17(18)19)6-10(9)14)16-8-3-1-7(15)2-4-8/h5-8,16H,1-4,15H2. The van der Waals surface area contributed by atoms with Crippen molar-refractivity contribution in [2.24, 2.45) is 5.73 Å². The predicted molar refractivity (Wildman–Crippen MR) is 74.6 cm³/mol. The second-order valence-corrected chi connectivity index (χ2v) is 5.65. The zero-order valence-electron chi connectivity index (χ0n) is 10.2. The highest BCUT2D eigenvalue weighted by atomic mass is 79.9. The first-order valence-corrected chi connectivity index (χ1v) is 6.92. The van der Waals surface area contributed by atoms with Crippen LogP contribution in [0.3, 0.4) is 0 Å². The molecule has 1 aromatic carbocycles. The number of hydrogen-bond acceptors (Lipinski definition) is 4. The lowest BCUT2D eigenvalue weighted by Crippen LogP contribution is -2.32. The summed E-state index contributed by atoms with van der Waals surface area (Å²) in [7, 11) is 0. The minimum Gasteiger partial charge on any atom is -0.377 e. The fraction of sp³-hybridized carbons (Fsp3) is 0.500. The molecule has 1 aromatic rings. The molecule has 1 fully saturated rings. The monoisotopic (exact) mass is 331 g/mol. The molecule has 0 atom stereocenters. The first-order chi connectivity index (χ1) is 8.97. The summed E-state index contributed by atoms with van der Waals surface area (Å²) in [5.41, 5.74) is 5.93. The summed E-state index contributed by atoms with van der Waals surface area (Å²) >= 11 is 3.05. The zero-order valence-corrected chi connectivity index (χ0v) is 11.8. The Bertz CT molecular complexity index is 490. The maximum Gasteiger partial charge on any atom is 0.295 e. The molecule has 7 heteroatoms. The van der Waals surface area contributed by atoms with E-state index in [1.54, 1.807) is 0 Å². The number of anilines is 1. The highest BCUT2D eigenvalue weighted by Crippen LogP contribution is 2.32. The number of nitrogens with two attached hydrogens (primary N) is 1. The molecule has 1 aliphatic carbocycles. The number of nitrogens with zero attached hydrogens (tertiary/aromatic N) is 1. The van der Waals surface area contributed by atoms with Gasteiger partial charge in [-0.3, -0.25) is 10.1 Å². The van der Waals surface area contributed by atoms with Gasteiger partial charge in [0, 0.05) is 12.1 Å². The third kappa shape index (κ3) is 3.42. The highest BCUT2D eigenvalue weighted by molar-refractivity contribution is 9.10. The lowest BCUT2D eigenvalue weighted by Gasteiger charge is -2.27. The van der Waals surface area contributed by atoms with Crippen molar-refractivity contribution in [3.63, 3.8) is 0 Å². The molecule has 5 nitrogen and oxygen atoms in total. The molecule has 0 spiro atoms. The van der Waals surface area contributed by atoms with Crippen molar-refractivity contribution in [3.8, 4) is 0 Å². The lowest BCUT2D eigenvalue weighted by molar-refractivity contribution is -0.384. The van der Waals surface area contributed by atoms with Gasteiger partial charge in [-0.25, -0.2) is 4.39 Å². The van der Waals surface area contributed by atoms with Gasteiger partial charge in [0.05, 0.1) is 15.5 Å². The van der Waals surface area contributed by atoms with Crippen molar-refractivity contribution < 1.29 is 9.31 Å². The topological polar surface area (TPSA) is 81.2 Å². The highest BCUT2D eigenvalue weighted by Gasteiger charge is 2.23. The summed E-state index contributed by atoms with van der Waals surface area (Å²) in [5, 5.41) is 14.1. The molecule has 2 rings (SSSR count). The van der Waals surface area contributed by atoms with Gasteiger partial charge < -0.3 is 11.1 Å². The van der Waals surface area contributed by atoms with Gasteiger partial charge in [-0.05, 0) is 47.7 Å². The predicted octanol–water partition coefficient (Wildman–Crippen LogP) is 3.18. The Balaban J connectivity index is 2.19. The molecule has 0 aromatic heterocycles. The minimum atomic E-state index is -0.636. The van der Waals surface area contributed by atoms with Crippen LogP contribution in [0.15, 0.2) is 16.6 Å². The molecule has 0 radical (unpaired) electrons. The Morgan fingerprint density at radius 2 is 2.00 bits per heavy atom.